The molecule has 0 spiro atoms. The summed E-state index contributed by atoms with van der Waals surface area (Å²) in [5.41, 5.74) is 0. The first kappa shape index (κ1) is 21.7. The van der Waals surface area contributed by atoms with Crippen LogP contribution in [-0.2, 0) is 0 Å². The molecule has 27 heavy (non-hydrogen) atoms. The molecule has 0 bridgehead atoms. The Bertz CT molecular complexity index is 361. The molecule has 0 heteroatoms. The van der Waals surface area contributed by atoms with Gasteiger partial charge < -0.3 is 0 Å². The summed E-state index contributed by atoms with van der Waals surface area (Å²) in [7, 11) is 0. The van der Waals surface area contributed by atoms with Crippen LogP contribution >= 0.6 is 0 Å². The summed E-state index contributed by atoms with van der Waals surface area (Å²) in [6.45, 7) is 4.73. The molecule has 0 aliphatic heterocycles. The van der Waals surface area contributed by atoms with Crippen LogP contribution in [0.4, 0.5) is 0 Å². The standard InChI is InChI=1S/C27H50/c1-3-5-6-7-8-9-23-12-16-25(17-13-23)27-20-18-26(19-21-27)24-14-10-22(4-2)11-15-24/h22-27H,3-21H2,1-2H3. The van der Waals surface area contributed by atoms with Crippen molar-refractivity contribution in [1.82, 2.24) is 0 Å². The highest BCUT2D eigenvalue weighted by atomic mass is 14.4. The van der Waals surface area contributed by atoms with E-state index in [0.717, 1.165) is 35.5 Å². The molecule has 158 valence electrons. The highest BCUT2D eigenvalue weighted by Crippen LogP contribution is 2.46. The van der Waals surface area contributed by atoms with Crippen LogP contribution in [0.2, 0.25) is 0 Å². The molecule has 0 saturated heterocycles. The lowest BCUT2D eigenvalue weighted by molar-refractivity contribution is 0.103. The maximum Gasteiger partial charge on any atom is -0.0386 e. The normalized spacial score (nSPS) is 38.0. The minimum absolute atomic E-state index is 1.07. The molecule has 0 heterocycles. The van der Waals surface area contributed by atoms with Gasteiger partial charge in [0.25, 0.3) is 0 Å². The molecule has 0 unspecified atom stereocenters. The smallest absolute Gasteiger partial charge is 0.0386 e. The van der Waals surface area contributed by atoms with Crippen molar-refractivity contribution in [2.45, 2.75) is 136 Å². The third-order valence-corrected chi connectivity index (χ3v) is 9.23. The van der Waals surface area contributed by atoms with Gasteiger partial charge in [-0.25, -0.2) is 0 Å². The lowest BCUT2D eigenvalue weighted by atomic mass is 9.64. The van der Waals surface area contributed by atoms with Crippen LogP contribution in [-0.4, -0.2) is 0 Å². The van der Waals surface area contributed by atoms with Gasteiger partial charge in [-0.3, -0.25) is 0 Å². The van der Waals surface area contributed by atoms with E-state index in [-0.39, 0.29) is 0 Å². The van der Waals surface area contributed by atoms with Crippen molar-refractivity contribution < 1.29 is 0 Å². The highest BCUT2D eigenvalue weighted by molar-refractivity contribution is 4.85. The fraction of sp³-hybridized carbons (Fsp3) is 1.00. The first-order valence-corrected chi connectivity index (χ1v) is 13.3. The van der Waals surface area contributed by atoms with Crippen molar-refractivity contribution >= 4 is 0 Å². The molecule has 0 N–H and O–H groups in total. The van der Waals surface area contributed by atoms with Gasteiger partial charge in [-0.2, -0.15) is 0 Å². The molecular weight excluding hydrogens is 324 g/mol. The molecule has 0 radical (unpaired) electrons. The van der Waals surface area contributed by atoms with Crippen molar-refractivity contribution in [3.63, 3.8) is 0 Å². The third kappa shape index (κ3) is 6.78. The lowest BCUT2D eigenvalue weighted by Crippen LogP contribution is -2.29. The Morgan fingerprint density at radius 3 is 1.30 bits per heavy atom. The maximum absolute atomic E-state index is 2.40. The van der Waals surface area contributed by atoms with Gasteiger partial charge in [0.1, 0.15) is 0 Å². The Hall–Kier alpha value is 0. The predicted molar refractivity (Wildman–Crippen MR) is 120 cm³/mol. The second-order valence-electron chi connectivity index (χ2n) is 10.8. The molecule has 0 aromatic carbocycles. The van der Waals surface area contributed by atoms with E-state index in [1.54, 1.807) is 83.5 Å². The first-order chi connectivity index (χ1) is 13.3. The summed E-state index contributed by atoms with van der Waals surface area (Å²) in [4.78, 5) is 0. The summed E-state index contributed by atoms with van der Waals surface area (Å²) < 4.78 is 0. The van der Waals surface area contributed by atoms with E-state index in [2.05, 4.69) is 13.8 Å². The molecule has 3 saturated carbocycles. The number of hydrogen-bond acceptors (Lipinski definition) is 0. The summed E-state index contributed by atoms with van der Waals surface area (Å²) in [6, 6.07) is 0. The molecule has 0 amide bonds. The Kier molecular flexibility index (Phi) is 9.54. The zero-order valence-electron chi connectivity index (χ0n) is 18.9. The van der Waals surface area contributed by atoms with Crippen LogP contribution in [0.1, 0.15) is 136 Å². The molecule has 3 rings (SSSR count). The Balaban J connectivity index is 1.28. The summed E-state index contributed by atoms with van der Waals surface area (Å²) in [5.74, 6) is 6.60. The van der Waals surface area contributed by atoms with Gasteiger partial charge in [-0.15, -0.1) is 0 Å². The van der Waals surface area contributed by atoms with Gasteiger partial charge in [0.2, 0.25) is 0 Å². The molecule has 0 nitrogen and oxygen atoms in total. The molecule has 3 aliphatic rings. The Labute approximate surface area is 171 Å². The monoisotopic (exact) mass is 374 g/mol. The van der Waals surface area contributed by atoms with Crippen molar-refractivity contribution in [3.05, 3.63) is 0 Å². The maximum atomic E-state index is 2.40. The van der Waals surface area contributed by atoms with Gasteiger partial charge in [-0.05, 0) is 86.9 Å². The van der Waals surface area contributed by atoms with Gasteiger partial charge in [-0.1, -0.05) is 84.5 Å². The fourth-order valence-electron chi connectivity index (χ4n) is 7.14. The van der Waals surface area contributed by atoms with Crippen LogP contribution in [0.5, 0.6) is 0 Å². The van der Waals surface area contributed by atoms with Crippen molar-refractivity contribution in [3.8, 4) is 0 Å². The summed E-state index contributed by atoms with van der Waals surface area (Å²) >= 11 is 0. The molecule has 0 aromatic heterocycles. The largest absolute Gasteiger partial charge is 0.0654 e. The average Bonchev–Trinajstić information content (AvgIpc) is 2.74. The fourth-order valence-corrected chi connectivity index (χ4v) is 7.14. The van der Waals surface area contributed by atoms with Gasteiger partial charge in [0.05, 0.1) is 0 Å². The van der Waals surface area contributed by atoms with Crippen LogP contribution in [0, 0.1) is 35.5 Å². The van der Waals surface area contributed by atoms with E-state index in [1.807, 2.05) is 0 Å². The SMILES string of the molecule is CCCCCCCC1CCC(C2CCC(C3CCC(CC)CC3)CC2)CC1. The van der Waals surface area contributed by atoms with Gasteiger partial charge >= 0.3 is 0 Å². The summed E-state index contributed by atoms with van der Waals surface area (Å²) in [6.07, 6.45) is 29.2. The minimum atomic E-state index is 1.07. The second-order valence-corrected chi connectivity index (χ2v) is 10.8. The minimum Gasteiger partial charge on any atom is -0.0654 e. The van der Waals surface area contributed by atoms with Crippen LogP contribution in [0.25, 0.3) is 0 Å². The van der Waals surface area contributed by atoms with E-state index in [1.165, 1.54) is 38.5 Å². The summed E-state index contributed by atoms with van der Waals surface area (Å²) in [5, 5.41) is 0. The number of hydrogen-bond donors (Lipinski definition) is 0. The van der Waals surface area contributed by atoms with E-state index in [9.17, 15) is 0 Å². The third-order valence-electron chi connectivity index (χ3n) is 9.23. The van der Waals surface area contributed by atoms with E-state index < -0.39 is 0 Å². The molecule has 3 aliphatic carbocycles. The molecule has 0 aromatic rings. The number of rotatable bonds is 9. The quantitative estimate of drug-likeness (QED) is 0.353. The topological polar surface area (TPSA) is 0 Å². The van der Waals surface area contributed by atoms with E-state index in [4.69, 9.17) is 0 Å². The molecule has 3 fully saturated rings. The van der Waals surface area contributed by atoms with E-state index in [0.29, 0.717) is 0 Å². The predicted octanol–water partition coefficient (Wildman–Crippen LogP) is 9.18. The molecular formula is C27H50. The van der Waals surface area contributed by atoms with Crippen molar-refractivity contribution in [1.29, 1.82) is 0 Å². The lowest BCUT2D eigenvalue weighted by Gasteiger charge is -2.41. The Morgan fingerprint density at radius 2 is 0.852 bits per heavy atom. The Morgan fingerprint density at radius 1 is 0.444 bits per heavy atom. The zero-order valence-corrected chi connectivity index (χ0v) is 18.9. The zero-order chi connectivity index (χ0) is 18.9. The molecule has 0 atom stereocenters. The first-order valence-electron chi connectivity index (χ1n) is 13.3. The number of unbranched alkanes of at least 4 members (excludes halogenated alkanes) is 4. The van der Waals surface area contributed by atoms with Crippen LogP contribution in [0.15, 0.2) is 0 Å². The average molecular weight is 375 g/mol. The second kappa shape index (κ2) is 11.9. The van der Waals surface area contributed by atoms with Crippen LogP contribution in [0.3, 0.4) is 0 Å². The van der Waals surface area contributed by atoms with Gasteiger partial charge in [0, 0.05) is 0 Å². The van der Waals surface area contributed by atoms with Gasteiger partial charge in [0.15, 0.2) is 0 Å². The van der Waals surface area contributed by atoms with Crippen LogP contribution < -0.4 is 0 Å². The highest BCUT2D eigenvalue weighted by Gasteiger charge is 2.34. The van der Waals surface area contributed by atoms with E-state index >= 15 is 0 Å². The van der Waals surface area contributed by atoms with Crippen molar-refractivity contribution in [2.24, 2.45) is 35.5 Å². The van der Waals surface area contributed by atoms with Crippen molar-refractivity contribution in [2.75, 3.05) is 0 Å².